The van der Waals surface area contributed by atoms with Gasteiger partial charge in [-0.1, -0.05) is 29.8 Å². The van der Waals surface area contributed by atoms with Crippen LogP contribution >= 0.6 is 27.5 Å². The maximum absolute atomic E-state index is 11.8. The molecule has 2 aromatic carbocycles. The summed E-state index contributed by atoms with van der Waals surface area (Å²) >= 11 is 9.65. The highest BCUT2D eigenvalue weighted by Gasteiger charge is 2.15. The van der Waals surface area contributed by atoms with E-state index < -0.39 is 5.97 Å². The summed E-state index contributed by atoms with van der Waals surface area (Å²) in [7, 11) is 0. The molecule has 0 bridgehead atoms. The number of nitriles is 1. The molecule has 0 atom stereocenters. The topological polar surface area (TPSA) is 68.6 Å². The first kappa shape index (κ1) is 21.8. The number of rotatable bonds is 8. The Hall–Kier alpha value is -2.49. The Bertz CT molecular complexity index is 921. The Balaban J connectivity index is 2.34. The maximum Gasteiger partial charge on any atom is 0.348 e. The molecule has 0 unspecified atom stereocenters. The van der Waals surface area contributed by atoms with Crippen LogP contribution in [0.2, 0.25) is 5.02 Å². The molecule has 0 aliphatic carbocycles. The lowest BCUT2D eigenvalue weighted by Gasteiger charge is -2.15. The van der Waals surface area contributed by atoms with Gasteiger partial charge in [-0.3, -0.25) is 0 Å². The van der Waals surface area contributed by atoms with Crippen LogP contribution < -0.4 is 9.47 Å². The van der Waals surface area contributed by atoms with Crippen LogP contribution in [-0.4, -0.2) is 19.2 Å². The minimum Gasteiger partial charge on any atom is -0.490 e. The molecule has 0 radical (unpaired) electrons. The molecule has 0 saturated carbocycles. The highest BCUT2D eigenvalue weighted by molar-refractivity contribution is 9.10. The molecular weight excluding hydrogens is 446 g/mol. The first-order chi connectivity index (χ1) is 13.5. The van der Waals surface area contributed by atoms with Crippen molar-refractivity contribution in [3.8, 4) is 17.6 Å². The largest absolute Gasteiger partial charge is 0.490 e. The Morgan fingerprint density at radius 2 is 1.96 bits per heavy atom. The monoisotopic (exact) mass is 463 g/mol. The van der Waals surface area contributed by atoms with Crippen molar-refractivity contribution in [2.24, 2.45) is 0 Å². The van der Waals surface area contributed by atoms with Gasteiger partial charge in [0.25, 0.3) is 0 Å². The SMILES string of the molecule is CCOC(=O)/C(C#N)=C\c1cc(Br)c(OCc2ccccc2Cl)c(OCC)c1. The molecule has 0 N–H and O–H groups in total. The number of ether oxygens (including phenoxy) is 3. The molecule has 0 heterocycles. The molecule has 0 aliphatic heterocycles. The lowest BCUT2D eigenvalue weighted by Crippen LogP contribution is -2.06. The van der Waals surface area contributed by atoms with Gasteiger partial charge in [-0.15, -0.1) is 0 Å². The van der Waals surface area contributed by atoms with Crippen LogP contribution in [0.5, 0.6) is 11.5 Å². The van der Waals surface area contributed by atoms with Crippen molar-refractivity contribution < 1.29 is 19.0 Å². The quantitative estimate of drug-likeness (QED) is 0.291. The van der Waals surface area contributed by atoms with Crippen molar-refractivity contribution in [2.75, 3.05) is 13.2 Å². The number of carbonyl (C=O) groups excluding carboxylic acids is 1. The van der Waals surface area contributed by atoms with Gasteiger partial charge in [0, 0.05) is 10.6 Å². The summed E-state index contributed by atoms with van der Waals surface area (Å²) in [6, 6.07) is 12.7. The number of hydrogen-bond acceptors (Lipinski definition) is 5. The van der Waals surface area contributed by atoms with Gasteiger partial charge in [0.15, 0.2) is 11.5 Å². The van der Waals surface area contributed by atoms with Crippen LogP contribution in [0.3, 0.4) is 0 Å². The molecular formula is C21H19BrClNO4. The standard InChI is InChI=1S/C21H19BrClNO4/c1-3-26-19-11-14(9-16(12-24)21(25)27-4-2)10-17(22)20(19)28-13-15-7-5-6-8-18(15)23/h5-11H,3-4,13H2,1-2H3/b16-9-. The van der Waals surface area contributed by atoms with E-state index in [-0.39, 0.29) is 18.8 Å². The fourth-order valence-corrected chi connectivity index (χ4v) is 3.12. The predicted molar refractivity (Wildman–Crippen MR) is 111 cm³/mol. The Morgan fingerprint density at radius 3 is 2.61 bits per heavy atom. The van der Waals surface area contributed by atoms with E-state index in [1.165, 1.54) is 6.08 Å². The van der Waals surface area contributed by atoms with E-state index in [0.29, 0.717) is 33.2 Å². The average Bonchev–Trinajstić information content (AvgIpc) is 2.67. The zero-order valence-electron chi connectivity index (χ0n) is 15.5. The second-order valence-electron chi connectivity index (χ2n) is 5.53. The number of carbonyl (C=O) groups is 1. The van der Waals surface area contributed by atoms with Crippen molar-refractivity contribution >= 4 is 39.6 Å². The van der Waals surface area contributed by atoms with Crippen LogP contribution in [0.25, 0.3) is 6.08 Å². The molecule has 2 aromatic rings. The fourth-order valence-electron chi connectivity index (χ4n) is 2.35. The summed E-state index contributed by atoms with van der Waals surface area (Å²) in [4.78, 5) is 11.8. The second kappa shape index (κ2) is 10.7. The first-order valence-corrected chi connectivity index (χ1v) is 9.78. The zero-order valence-corrected chi connectivity index (χ0v) is 17.8. The molecule has 5 nitrogen and oxygen atoms in total. The van der Waals surface area contributed by atoms with Gasteiger partial charge in [0.2, 0.25) is 0 Å². The molecule has 0 fully saturated rings. The zero-order chi connectivity index (χ0) is 20.5. The second-order valence-corrected chi connectivity index (χ2v) is 6.79. The van der Waals surface area contributed by atoms with E-state index in [4.69, 9.17) is 25.8 Å². The normalized spacial score (nSPS) is 10.9. The summed E-state index contributed by atoms with van der Waals surface area (Å²) in [6.07, 6.45) is 1.45. The number of halogens is 2. The van der Waals surface area contributed by atoms with Crippen molar-refractivity contribution in [1.82, 2.24) is 0 Å². The van der Waals surface area contributed by atoms with E-state index >= 15 is 0 Å². The minimum atomic E-state index is -0.668. The van der Waals surface area contributed by atoms with Crippen molar-refractivity contribution in [3.63, 3.8) is 0 Å². The number of esters is 1. The fraction of sp³-hybridized carbons (Fsp3) is 0.238. The number of nitrogens with zero attached hydrogens (tertiary/aromatic N) is 1. The summed E-state index contributed by atoms with van der Waals surface area (Å²) in [6.45, 7) is 4.42. The molecule has 0 spiro atoms. The van der Waals surface area contributed by atoms with E-state index in [1.54, 1.807) is 25.1 Å². The van der Waals surface area contributed by atoms with Crippen LogP contribution in [0.15, 0.2) is 46.4 Å². The summed E-state index contributed by atoms with van der Waals surface area (Å²) in [5, 5.41) is 9.83. The van der Waals surface area contributed by atoms with Gasteiger partial charge in [-0.2, -0.15) is 5.26 Å². The van der Waals surface area contributed by atoms with Crippen LogP contribution in [0, 0.1) is 11.3 Å². The van der Waals surface area contributed by atoms with Gasteiger partial charge < -0.3 is 14.2 Å². The molecule has 0 aliphatic rings. The number of benzene rings is 2. The maximum atomic E-state index is 11.8. The molecule has 2 rings (SSSR count). The molecule has 146 valence electrons. The molecule has 0 amide bonds. The van der Waals surface area contributed by atoms with E-state index in [1.807, 2.05) is 31.2 Å². The van der Waals surface area contributed by atoms with Crippen LogP contribution in [0.4, 0.5) is 0 Å². The van der Waals surface area contributed by atoms with Crippen molar-refractivity contribution in [1.29, 1.82) is 5.26 Å². The third-order valence-corrected chi connectivity index (χ3v) is 4.55. The Kier molecular flexibility index (Phi) is 8.37. The first-order valence-electron chi connectivity index (χ1n) is 8.61. The lowest BCUT2D eigenvalue weighted by molar-refractivity contribution is -0.137. The van der Waals surface area contributed by atoms with Crippen molar-refractivity contribution in [3.05, 3.63) is 62.6 Å². The van der Waals surface area contributed by atoms with E-state index in [9.17, 15) is 10.1 Å². The molecule has 7 heteroatoms. The van der Waals surface area contributed by atoms with Gasteiger partial charge >= 0.3 is 5.97 Å². The summed E-state index contributed by atoms with van der Waals surface area (Å²) in [5.74, 6) is 0.322. The van der Waals surface area contributed by atoms with Gasteiger partial charge in [-0.25, -0.2) is 4.79 Å². The molecule has 28 heavy (non-hydrogen) atoms. The van der Waals surface area contributed by atoms with Crippen LogP contribution in [0.1, 0.15) is 25.0 Å². The van der Waals surface area contributed by atoms with Crippen LogP contribution in [-0.2, 0) is 16.1 Å². The summed E-state index contributed by atoms with van der Waals surface area (Å²) < 4.78 is 17.1. The third kappa shape index (κ3) is 5.75. The minimum absolute atomic E-state index is 0.0964. The Labute approximate surface area is 177 Å². The summed E-state index contributed by atoms with van der Waals surface area (Å²) in [5.41, 5.74) is 1.35. The molecule has 0 saturated heterocycles. The van der Waals surface area contributed by atoms with Gasteiger partial charge in [-0.05, 0) is 59.6 Å². The highest BCUT2D eigenvalue weighted by atomic mass is 79.9. The average molecular weight is 465 g/mol. The smallest absolute Gasteiger partial charge is 0.348 e. The van der Waals surface area contributed by atoms with E-state index in [0.717, 1.165) is 5.56 Å². The van der Waals surface area contributed by atoms with Gasteiger partial charge in [0.1, 0.15) is 18.2 Å². The van der Waals surface area contributed by atoms with E-state index in [2.05, 4.69) is 15.9 Å². The lowest BCUT2D eigenvalue weighted by atomic mass is 10.1. The predicted octanol–water partition coefficient (Wildman–Crippen LogP) is 5.55. The third-order valence-electron chi connectivity index (χ3n) is 3.59. The highest BCUT2D eigenvalue weighted by Crippen LogP contribution is 2.38. The molecule has 0 aromatic heterocycles. The van der Waals surface area contributed by atoms with Gasteiger partial charge in [0.05, 0.1) is 17.7 Å². The van der Waals surface area contributed by atoms with Crippen molar-refractivity contribution in [2.45, 2.75) is 20.5 Å². The Morgan fingerprint density at radius 1 is 1.21 bits per heavy atom. The number of hydrogen-bond donors (Lipinski definition) is 0.